The maximum atomic E-state index is 13.8. The summed E-state index contributed by atoms with van der Waals surface area (Å²) in [6, 6.07) is 21.8. The van der Waals surface area contributed by atoms with Gasteiger partial charge in [-0.1, -0.05) is 53.4 Å². The average molecular weight is 613 g/mol. The molecule has 7 rings (SSSR count). The van der Waals surface area contributed by atoms with Crippen LogP contribution < -0.4 is 15.1 Å². The van der Waals surface area contributed by atoms with Gasteiger partial charge in [0, 0.05) is 17.8 Å². The average Bonchev–Trinajstić information content (AvgIpc) is 3.70. The molecule has 0 aliphatic carbocycles. The number of benzene rings is 3. The number of carbonyl (C=O) groups excluding carboxylic acids is 3. The summed E-state index contributed by atoms with van der Waals surface area (Å²) >= 11 is 1.99. The molecule has 0 spiro atoms. The zero-order valence-electron chi connectivity index (χ0n) is 22.0. The Balaban J connectivity index is 1.22. The van der Waals surface area contributed by atoms with Gasteiger partial charge in [-0.05, 0) is 47.2 Å². The van der Waals surface area contributed by atoms with E-state index >= 15 is 0 Å². The number of nitrogens with one attached hydrogen (secondary N) is 1. The van der Waals surface area contributed by atoms with Gasteiger partial charge in [0.05, 0.1) is 38.6 Å². The molecule has 43 heavy (non-hydrogen) atoms. The number of thioether (sulfide) groups is 1. The van der Waals surface area contributed by atoms with Crippen LogP contribution in [-0.2, 0) is 20.9 Å². The summed E-state index contributed by atoms with van der Waals surface area (Å²) in [6.07, 6.45) is 1.46. The predicted molar refractivity (Wildman–Crippen MR) is 160 cm³/mol. The van der Waals surface area contributed by atoms with Crippen molar-refractivity contribution < 1.29 is 23.7 Å². The number of rotatable bonds is 6. The highest BCUT2D eigenvalue weighted by molar-refractivity contribution is 8.00. The Labute approximate surface area is 250 Å². The summed E-state index contributed by atoms with van der Waals surface area (Å²) in [5.74, 6) is -2.64. The van der Waals surface area contributed by atoms with Crippen molar-refractivity contribution in [1.82, 2.24) is 4.57 Å². The lowest BCUT2D eigenvalue weighted by molar-refractivity contribution is -0.384. The molecule has 13 heteroatoms. The van der Waals surface area contributed by atoms with E-state index < -0.39 is 44.6 Å². The quantitative estimate of drug-likeness (QED) is 0.160. The minimum absolute atomic E-state index is 0.170. The summed E-state index contributed by atoms with van der Waals surface area (Å²) in [5.41, 5.74) is 0.623. The summed E-state index contributed by atoms with van der Waals surface area (Å²) in [6.45, 7) is -0.291. The second-order valence-electron chi connectivity index (χ2n) is 10.1. The smallest absolute Gasteiger partial charge is 0.308 e. The number of amides is 3. The Morgan fingerprint density at radius 1 is 0.953 bits per heavy atom. The first-order valence-electron chi connectivity index (χ1n) is 13.1. The summed E-state index contributed by atoms with van der Waals surface area (Å²) in [4.78, 5) is 65.7. The van der Waals surface area contributed by atoms with E-state index in [-0.39, 0.29) is 17.9 Å². The molecule has 3 atom stereocenters. The van der Waals surface area contributed by atoms with Crippen LogP contribution in [0.5, 0.6) is 0 Å². The van der Waals surface area contributed by atoms with Gasteiger partial charge in [0.15, 0.2) is 0 Å². The monoisotopic (exact) mass is 612 g/mol. The number of furan rings is 1. The second-order valence-corrected chi connectivity index (χ2v) is 12.2. The number of imide groups is 1. The molecule has 2 aliphatic heterocycles. The molecule has 1 fully saturated rings. The zero-order valence-corrected chi connectivity index (χ0v) is 23.7. The van der Waals surface area contributed by atoms with Crippen LogP contribution in [0.2, 0.25) is 0 Å². The van der Waals surface area contributed by atoms with Crippen LogP contribution in [0.25, 0.3) is 10.8 Å². The Morgan fingerprint density at radius 2 is 1.72 bits per heavy atom. The molecule has 1 N–H and O–H groups in total. The van der Waals surface area contributed by atoms with E-state index in [0.717, 1.165) is 38.8 Å². The third-order valence-electron chi connectivity index (χ3n) is 7.55. The SMILES string of the molecule is O=C(Cn1c2c(sc1=O)[C@H](c1ccco1)C1C(=O)N(c3ccc([N+](=O)[O-])cc3)C(=O)C1S2)Nc1ccc2ccccc2c1. The van der Waals surface area contributed by atoms with Crippen LogP contribution >= 0.6 is 23.1 Å². The van der Waals surface area contributed by atoms with Crippen LogP contribution in [0.4, 0.5) is 17.1 Å². The fourth-order valence-electron chi connectivity index (χ4n) is 5.62. The van der Waals surface area contributed by atoms with Gasteiger partial charge in [-0.15, -0.1) is 0 Å². The fraction of sp³-hybridized carbons (Fsp3) is 0.133. The van der Waals surface area contributed by atoms with Crippen LogP contribution in [0.1, 0.15) is 16.6 Å². The lowest BCUT2D eigenvalue weighted by Gasteiger charge is -2.29. The molecule has 2 unspecified atom stereocenters. The maximum absolute atomic E-state index is 13.8. The number of hydrogen-bond acceptors (Lipinski definition) is 9. The normalized spacial score (nSPS) is 19.3. The topological polar surface area (TPSA) is 145 Å². The highest BCUT2D eigenvalue weighted by Gasteiger charge is 2.57. The molecule has 2 aromatic heterocycles. The molecule has 1 saturated heterocycles. The van der Waals surface area contributed by atoms with Crippen molar-refractivity contribution in [3.05, 3.63) is 116 Å². The van der Waals surface area contributed by atoms with E-state index in [2.05, 4.69) is 5.32 Å². The van der Waals surface area contributed by atoms with Crippen molar-refractivity contribution in [1.29, 1.82) is 0 Å². The summed E-state index contributed by atoms with van der Waals surface area (Å²) < 4.78 is 7.03. The van der Waals surface area contributed by atoms with Gasteiger partial charge in [0.25, 0.3) is 5.69 Å². The number of non-ortho nitro benzene ring substituents is 1. The molecule has 0 bridgehead atoms. The van der Waals surface area contributed by atoms with E-state index in [9.17, 15) is 29.3 Å². The van der Waals surface area contributed by atoms with Gasteiger partial charge >= 0.3 is 4.87 Å². The first-order chi connectivity index (χ1) is 20.8. The van der Waals surface area contributed by atoms with E-state index in [1.807, 2.05) is 36.4 Å². The first kappa shape index (κ1) is 26.9. The van der Waals surface area contributed by atoms with E-state index in [0.29, 0.717) is 21.4 Å². The molecule has 0 radical (unpaired) electrons. The van der Waals surface area contributed by atoms with Crippen molar-refractivity contribution in [2.75, 3.05) is 10.2 Å². The van der Waals surface area contributed by atoms with Gasteiger partial charge < -0.3 is 9.73 Å². The van der Waals surface area contributed by atoms with Crippen molar-refractivity contribution >= 4 is 68.7 Å². The number of anilines is 2. The standard InChI is InChI=1S/C30H20N4O7S2/c35-22(31-18-8-7-16-4-1-2-5-17(16)14-18)15-32-29-26(43-30(32)38)23(21-6-3-13-41-21)24-25(42-29)28(37)33(27(24)36)19-9-11-20(12-10-19)34(39)40/h1-14,23-25H,15H2,(H,31,35)/t23-,24?,25?/m1/s1. The fourth-order valence-corrected chi connectivity index (χ4v) is 8.37. The van der Waals surface area contributed by atoms with E-state index in [1.54, 1.807) is 18.2 Å². The summed E-state index contributed by atoms with van der Waals surface area (Å²) in [5, 5.41) is 15.5. The van der Waals surface area contributed by atoms with Crippen LogP contribution in [0.3, 0.4) is 0 Å². The van der Waals surface area contributed by atoms with Crippen LogP contribution in [0, 0.1) is 16.0 Å². The van der Waals surface area contributed by atoms with Gasteiger partial charge in [-0.3, -0.25) is 33.9 Å². The maximum Gasteiger partial charge on any atom is 0.308 e. The number of aromatic nitrogens is 1. The number of nitro benzene ring substituents is 1. The number of hydrogen-bond donors (Lipinski definition) is 1. The van der Waals surface area contributed by atoms with Crippen molar-refractivity contribution in [2.24, 2.45) is 5.92 Å². The lowest BCUT2D eigenvalue weighted by atomic mass is 9.87. The molecule has 3 aromatic carbocycles. The van der Waals surface area contributed by atoms with Gasteiger partial charge in [-0.25, -0.2) is 4.90 Å². The molecule has 11 nitrogen and oxygen atoms in total. The minimum atomic E-state index is -0.908. The molecular weight excluding hydrogens is 592 g/mol. The van der Waals surface area contributed by atoms with E-state index in [4.69, 9.17) is 4.42 Å². The molecule has 3 amide bonds. The van der Waals surface area contributed by atoms with E-state index in [1.165, 1.54) is 35.1 Å². The molecule has 0 saturated carbocycles. The van der Waals surface area contributed by atoms with Crippen LogP contribution in [-0.4, -0.2) is 32.5 Å². The largest absolute Gasteiger partial charge is 0.469 e. The molecule has 5 aromatic rings. The third-order valence-corrected chi connectivity index (χ3v) is 10.2. The Kier molecular flexibility index (Phi) is 6.47. The summed E-state index contributed by atoms with van der Waals surface area (Å²) in [7, 11) is 0. The number of nitro groups is 1. The highest BCUT2D eigenvalue weighted by atomic mass is 32.2. The third kappa shape index (κ3) is 4.53. The molecule has 2 aliphatic rings. The Morgan fingerprint density at radius 3 is 2.44 bits per heavy atom. The number of fused-ring (bicyclic) bond motifs is 3. The van der Waals surface area contributed by atoms with Crippen LogP contribution in [0.15, 0.2) is 99.4 Å². The molecule has 4 heterocycles. The van der Waals surface area contributed by atoms with Gasteiger partial charge in [0.1, 0.15) is 17.6 Å². The minimum Gasteiger partial charge on any atom is -0.469 e. The molecular formula is C30H20N4O7S2. The first-order valence-corrected chi connectivity index (χ1v) is 14.8. The number of carbonyl (C=O) groups is 3. The van der Waals surface area contributed by atoms with Crippen molar-refractivity contribution in [3.63, 3.8) is 0 Å². The zero-order chi connectivity index (χ0) is 29.8. The predicted octanol–water partition coefficient (Wildman–Crippen LogP) is 5.00. The number of nitrogens with zero attached hydrogens (tertiary/aromatic N) is 3. The highest BCUT2D eigenvalue weighted by Crippen LogP contribution is 2.54. The van der Waals surface area contributed by atoms with Gasteiger partial charge in [0.2, 0.25) is 17.7 Å². The Hall–Kier alpha value is -5.01. The molecule has 214 valence electrons. The second kappa shape index (κ2) is 10.4. The Bertz CT molecular complexity index is 2000. The number of thiazole rings is 1. The van der Waals surface area contributed by atoms with Gasteiger partial charge in [-0.2, -0.15) is 0 Å². The van der Waals surface area contributed by atoms with Crippen molar-refractivity contribution in [2.45, 2.75) is 22.7 Å². The van der Waals surface area contributed by atoms with Crippen molar-refractivity contribution in [3.8, 4) is 0 Å². The lowest BCUT2D eigenvalue weighted by Crippen LogP contribution is -2.32.